The largest absolute Gasteiger partial charge is 0.508 e. The molecule has 2 atom stereocenters. The van der Waals surface area contributed by atoms with E-state index in [1.54, 1.807) is 0 Å². The van der Waals surface area contributed by atoms with Crippen molar-refractivity contribution in [2.24, 2.45) is 4.52 Å². The molecular formula is C36H30N3O12P3. The molecule has 0 amide bonds. The molecule has 1 aliphatic rings. The minimum atomic E-state index is -4.15. The summed E-state index contributed by atoms with van der Waals surface area (Å²) in [6.07, 6.45) is 0. The lowest BCUT2D eigenvalue weighted by molar-refractivity contribution is 0.0545. The number of nitrogens with zero attached hydrogens (tertiary/aromatic N) is 3. The molecule has 2 unspecified atom stereocenters. The zero-order valence-corrected chi connectivity index (χ0v) is 30.4. The maximum absolute atomic E-state index is 10.1. The Morgan fingerprint density at radius 3 is 1.09 bits per heavy atom. The highest BCUT2D eigenvalue weighted by molar-refractivity contribution is 7.78. The number of hydrogen-bond acceptors (Lipinski definition) is 15. The molecular weight excluding hydrogens is 759 g/mol. The molecule has 54 heavy (non-hydrogen) atoms. The van der Waals surface area contributed by atoms with E-state index in [-0.39, 0.29) is 69.0 Å². The second kappa shape index (κ2) is 15.9. The van der Waals surface area contributed by atoms with Crippen molar-refractivity contribution in [3.8, 4) is 69.0 Å². The summed E-state index contributed by atoms with van der Waals surface area (Å²) in [5.74, 6) is 1.18. The van der Waals surface area contributed by atoms with Crippen LogP contribution in [-0.4, -0.2) is 39.8 Å². The van der Waals surface area contributed by atoms with E-state index in [9.17, 15) is 30.6 Å². The van der Waals surface area contributed by atoms with Gasteiger partial charge in [0.25, 0.3) is 0 Å². The van der Waals surface area contributed by atoms with Crippen LogP contribution in [0.2, 0.25) is 0 Å². The predicted molar refractivity (Wildman–Crippen MR) is 199 cm³/mol. The van der Waals surface area contributed by atoms with Gasteiger partial charge in [-0.2, -0.15) is 0 Å². The number of aromatic hydroxyl groups is 6. The molecule has 0 aliphatic carbocycles. The molecule has 18 heteroatoms. The van der Waals surface area contributed by atoms with Crippen LogP contribution in [0.25, 0.3) is 0 Å². The number of rotatable bonds is 12. The third-order valence-electron chi connectivity index (χ3n) is 7.06. The van der Waals surface area contributed by atoms with Crippen LogP contribution >= 0.6 is 24.6 Å². The molecule has 1 heterocycles. The summed E-state index contributed by atoms with van der Waals surface area (Å²) in [5.41, 5.74) is 0. The van der Waals surface area contributed by atoms with Gasteiger partial charge in [0.15, 0.2) is 0 Å². The third-order valence-corrected chi connectivity index (χ3v) is 13.9. The van der Waals surface area contributed by atoms with Gasteiger partial charge in [-0.05, 0) is 146 Å². The Balaban J connectivity index is 1.48. The van der Waals surface area contributed by atoms with E-state index in [1.165, 1.54) is 155 Å². The van der Waals surface area contributed by atoms with E-state index in [4.69, 9.17) is 32.3 Å². The minimum Gasteiger partial charge on any atom is -0.508 e. The highest BCUT2D eigenvalue weighted by Gasteiger charge is 2.58. The minimum absolute atomic E-state index is 0.00697. The van der Waals surface area contributed by atoms with E-state index in [0.717, 1.165) is 0 Å². The monoisotopic (exact) mass is 789 g/mol. The quantitative estimate of drug-likeness (QED) is 0.0641. The topological polar surface area (TPSA) is 196 Å². The van der Waals surface area contributed by atoms with E-state index in [1.807, 2.05) is 0 Å². The van der Waals surface area contributed by atoms with Gasteiger partial charge in [-0.25, -0.2) is 0 Å². The molecule has 6 N–H and O–H groups in total. The van der Waals surface area contributed by atoms with Gasteiger partial charge in [0, 0.05) is 9.21 Å². The van der Waals surface area contributed by atoms with Crippen LogP contribution in [0, 0.1) is 0 Å². The van der Waals surface area contributed by atoms with Gasteiger partial charge in [0.1, 0.15) is 69.0 Å². The fourth-order valence-electron chi connectivity index (χ4n) is 4.49. The molecule has 0 spiro atoms. The van der Waals surface area contributed by atoms with Crippen LogP contribution in [-0.2, 0) is 0 Å². The lowest BCUT2D eigenvalue weighted by Crippen LogP contribution is -2.37. The van der Waals surface area contributed by atoms with Crippen molar-refractivity contribution in [1.29, 1.82) is 0 Å². The first kappa shape index (κ1) is 36.3. The Kier molecular flexibility index (Phi) is 10.7. The van der Waals surface area contributed by atoms with Crippen molar-refractivity contribution < 1.29 is 58.4 Å². The van der Waals surface area contributed by atoms with Gasteiger partial charge in [-0.1, -0.05) is 0 Å². The normalized spacial score (nSPS) is 16.7. The van der Waals surface area contributed by atoms with Gasteiger partial charge < -0.3 is 58.4 Å². The maximum atomic E-state index is 10.1. The number of phenols is 6. The lowest BCUT2D eigenvalue weighted by Gasteiger charge is -2.43. The summed E-state index contributed by atoms with van der Waals surface area (Å²) in [5, 5.41) is 60.5. The van der Waals surface area contributed by atoms with Gasteiger partial charge in [0.05, 0.1) is 0 Å². The zero-order chi connectivity index (χ0) is 37.7. The molecule has 0 aromatic heterocycles. The first-order valence-corrected chi connectivity index (χ1v) is 19.7. The molecule has 15 nitrogen and oxygen atoms in total. The number of benzene rings is 6. The average Bonchev–Trinajstić information content (AvgIpc) is 3.16. The molecule has 0 fully saturated rings. The smallest absolute Gasteiger partial charge is 0.447 e. The SMILES string of the molecule is Oc1ccc(ON2P(Oc3ccc(O)cc3)N=P(Oc3ccc(O)cc3)(Oc3ccc(O)cc3)N(Oc3ccc(O)cc3)P2Oc2ccc(O)cc2)cc1. The Morgan fingerprint density at radius 2 is 0.704 bits per heavy atom. The van der Waals surface area contributed by atoms with Gasteiger partial charge in [0.2, 0.25) is 0 Å². The third kappa shape index (κ3) is 8.75. The lowest BCUT2D eigenvalue weighted by atomic mass is 10.3. The molecule has 0 saturated carbocycles. The zero-order valence-electron chi connectivity index (χ0n) is 27.7. The highest BCUT2D eigenvalue weighted by Crippen LogP contribution is 2.77. The molecule has 0 radical (unpaired) electrons. The first-order chi connectivity index (χ1) is 26.1. The summed E-state index contributed by atoms with van der Waals surface area (Å²) in [6.45, 7) is 0. The number of hydrogen-bond donors (Lipinski definition) is 6. The molecule has 6 aromatic rings. The van der Waals surface area contributed by atoms with Crippen molar-refractivity contribution in [2.45, 2.75) is 0 Å². The first-order valence-electron chi connectivity index (χ1n) is 15.8. The van der Waals surface area contributed by atoms with E-state index < -0.39 is 24.6 Å². The highest BCUT2D eigenvalue weighted by atomic mass is 31.3. The molecule has 276 valence electrons. The predicted octanol–water partition coefficient (Wildman–Crippen LogP) is 9.54. The van der Waals surface area contributed by atoms with Crippen molar-refractivity contribution in [1.82, 2.24) is 9.21 Å². The van der Waals surface area contributed by atoms with E-state index in [2.05, 4.69) is 0 Å². The average molecular weight is 790 g/mol. The standard InChI is InChI=1S/C36H30N3O12P3/c40-25-1-13-31(14-2-25)46-38-52(48-33-17-5-27(42)6-18-33)37-54(50-35-21-9-29(44)10-22-35,51-36-23-11-30(45)12-24-36)39(47-32-15-3-26(41)4-16-32)53(38)49-34-19-7-28(43)8-20-34/h1-24,40-45H. The Bertz CT molecular complexity index is 2160. The van der Waals surface area contributed by atoms with Crippen molar-refractivity contribution in [2.75, 3.05) is 0 Å². The van der Waals surface area contributed by atoms with Crippen LogP contribution in [0.1, 0.15) is 0 Å². The molecule has 1 aliphatic heterocycles. The molecule has 0 bridgehead atoms. The molecule has 7 rings (SSSR count). The van der Waals surface area contributed by atoms with Crippen LogP contribution in [0.5, 0.6) is 69.0 Å². The van der Waals surface area contributed by atoms with Crippen molar-refractivity contribution in [3.63, 3.8) is 0 Å². The van der Waals surface area contributed by atoms with Gasteiger partial charge in [-0.3, -0.25) is 0 Å². The Morgan fingerprint density at radius 1 is 0.389 bits per heavy atom. The fourth-order valence-corrected chi connectivity index (χ4v) is 12.0. The second-order valence-electron chi connectivity index (χ2n) is 11.1. The van der Waals surface area contributed by atoms with Crippen LogP contribution in [0.15, 0.2) is 150 Å². The number of phenolic OH excluding ortho intramolecular Hbond substituents is 6. The Hall–Kier alpha value is -6.07. The summed E-state index contributed by atoms with van der Waals surface area (Å²) in [6, 6.07) is 35.1. The molecule has 6 aromatic carbocycles. The van der Waals surface area contributed by atoms with Crippen molar-refractivity contribution in [3.05, 3.63) is 146 Å². The summed E-state index contributed by atoms with van der Waals surface area (Å²) >= 11 is 0. The van der Waals surface area contributed by atoms with Crippen LogP contribution in [0.4, 0.5) is 0 Å². The Labute approximate surface area is 310 Å². The van der Waals surface area contributed by atoms with Crippen molar-refractivity contribution >= 4 is 24.6 Å². The fraction of sp³-hybridized carbons (Fsp3) is 0. The maximum Gasteiger partial charge on any atom is 0.447 e. The van der Waals surface area contributed by atoms with Gasteiger partial charge in [-0.15, -0.1) is 4.52 Å². The second-order valence-corrected chi connectivity index (χ2v) is 16.6. The summed E-state index contributed by atoms with van der Waals surface area (Å²) < 4.78 is 34.2. The van der Waals surface area contributed by atoms with Crippen LogP contribution < -0.4 is 27.8 Å². The molecule has 0 saturated heterocycles. The van der Waals surface area contributed by atoms with E-state index in [0.29, 0.717) is 0 Å². The summed E-state index contributed by atoms with van der Waals surface area (Å²) in [7, 11) is -9.06. The van der Waals surface area contributed by atoms with E-state index >= 15 is 0 Å². The summed E-state index contributed by atoms with van der Waals surface area (Å²) in [4.78, 5) is 13.0. The van der Waals surface area contributed by atoms with Gasteiger partial charge >= 0.3 is 24.6 Å². The van der Waals surface area contributed by atoms with Crippen LogP contribution in [0.3, 0.4) is 0 Å².